The first kappa shape index (κ1) is 17.0. The van der Waals surface area contributed by atoms with Crippen LogP contribution in [0.15, 0.2) is 4.34 Å². The molecular weight excluding hydrogens is 304 g/mol. The summed E-state index contributed by atoms with van der Waals surface area (Å²) in [5.41, 5.74) is -0.918. The second-order valence-electron chi connectivity index (χ2n) is 4.31. The summed E-state index contributed by atoms with van der Waals surface area (Å²) < 4.78 is 26.6. The smallest absolute Gasteiger partial charge is 0.270 e. The zero-order valence-corrected chi connectivity index (χ0v) is 13.1. The third-order valence-corrected chi connectivity index (χ3v) is 5.71. The number of nitrogens with zero attached hydrogens (tertiary/aromatic N) is 2. The minimum absolute atomic E-state index is 0.112. The van der Waals surface area contributed by atoms with E-state index < -0.39 is 15.6 Å². The van der Waals surface area contributed by atoms with Crippen molar-refractivity contribution in [2.75, 3.05) is 11.9 Å². The van der Waals surface area contributed by atoms with Crippen LogP contribution < -0.4 is 10.0 Å². The normalized spacial score (nSPS) is 12.4. The molecule has 0 aromatic carbocycles. The monoisotopic (exact) mass is 322 g/mol. The SMILES string of the molecule is CCC(CC)(CO)NS(=O)(=O)c1nnc(NC(C)=O)s1. The van der Waals surface area contributed by atoms with Crippen molar-refractivity contribution in [1.82, 2.24) is 14.9 Å². The molecule has 0 aliphatic carbocycles. The molecule has 3 N–H and O–H groups in total. The molecular formula is C10H18N4O4S2. The first-order valence-corrected chi connectivity index (χ1v) is 8.34. The van der Waals surface area contributed by atoms with Gasteiger partial charge in [-0.05, 0) is 12.8 Å². The Morgan fingerprint density at radius 1 is 1.35 bits per heavy atom. The molecule has 0 atom stereocenters. The topological polar surface area (TPSA) is 121 Å². The van der Waals surface area contributed by atoms with Crippen molar-refractivity contribution in [1.29, 1.82) is 0 Å². The minimum Gasteiger partial charge on any atom is -0.394 e. The first-order chi connectivity index (χ1) is 9.28. The number of carbonyl (C=O) groups is 1. The van der Waals surface area contributed by atoms with Crippen LogP contribution in [0.25, 0.3) is 0 Å². The summed E-state index contributed by atoms with van der Waals surface area (Å²) in [6.45, 7) is 4.55. The maximum absolute atomic E-state index is 12.2. The van der Waals surface area contributed by atoms with E-state index in [0.717, 1.165) is 11.3 Å². The molecule has 0 fully saturated rings. The van der Waals surface area contributed by atoms with Crippen molar-refractivity contribution >= 4 is 32.4 Å². The number of rotatable bonds is 7. The average molecular weight is 322 g/mol. The Labute approximate surface area is 121 Å². The second kappa shape index (κ2) is 6.57. The van der Waals surface area contributed by atoms with Crippen molar-refractivity contribution in [3.05, 3.63) is 0 Å². The van der Waals surface area contributed by atoms with Crippen molar-refractivity contribution in [3.63, 3.8) is 0 Å². The number of nitrogens with one attached hydrogen (secondary N) is 2. The van der Waals surface area contributed by atoms with E-state index in [0.29, 0.717) is 12.8 Å². The molecule has 0 aliphatic heterocycles. The molecule has 8 nitrogen and oxygen atoms in total. The summed E-state index contributed by atoms with van der Waals surface area (Å²) in [6, 6.07) is 0. The molecule has 1 aromatic rings. The largest absolute Gasteiger partial charge is 0.394 e. The number of aromatic nitrogens is 2. The van der Waals surface area contributed by atoms with Gasteiger partial charge in [-0.1, -0.05) is 25.2 Å². The maximum atomic E-state index is 12.2. The molecule has 0 saturated carbocycles. The van der Waals surface area contributed by atoms with Gasteiger partial charge in [0.05, 0.1) is 12.1 Å². The quantitative estimate of drug-likeness (QED) is 0.622. The van der Waals surface area contributed by atoms with E-state index in [-0.39, 0.29) is 22.0 Å². The lowest BCUT2D eigenvalue weighted by Gasteiger charge is -2.29. The molecule has 0 aliphatic rings. The van der Waals surface area contributed by atoms with Gasteiger partial charge in [-0.2, -0.15) is 0 Å². The number of anilines is 1. The summed E-state index contributed by atoms with van der Waals surface area (Å²) >= 11 is 0.754. The van der Waals surface area contributed by atoms with Gasteiger partial charge < -0.3 is 10.4 Å². The molecule has 0 saturated heterocycles. The molecule has 1 aromatic heterocycles. The number of carbonyl (C=O) groups excluding carboxylic acids is 1. The van der Waals surface area contributed by atoms with E-state index in [2.05, 4.69) is 20.2 Å². The molecule has 114 valence electrons. The second-order valence-corrected chi connectivity index (χ2v) is 7.14. The van der Waals surface area contributed by atoms with Gasteiger partial charge in [-0.25, -0.2) is 13.1 Å². The van der Waals surface area contributed by atoms with Gasteiger partial charge in [-0.3, -0.25) is 4.79 Å². The van der Waals surface area contributed by atoms with E-state index in [1.807, 2.05) is 0 Å². The van der Waals surface area contributed by atoms with E-state index in [1.165, 1.54) is 6.92 Å². The zero-order valence-electron chi connectivity index (χ0n) is 11.5. The number of sulfonamides is 1. The predicted molar refractivity (Wildman–Crippen MR) is 74.9 cm³/mol. The highest BCUT2D eigenvalue weighted by Gasteiger charge is 2.33. The summed E-state index contributed by atoms with van der Waals surface area (Å²) in [7, 11) is -3.89. The fourth-order valence-corrected chi connectivity index (χ4v) is 3.98. The van der Waals surface area contributed by atoms with Crippen LogP contribution in [0.5, 0.6) is 0 Å². The van der Waals surface area contributed by atoms with Crippen LogP contribution in [0.4, 0.5) is 5.13 Å². The van der Waals surface area contributed by atoms with Crippen LogP contribution in [0.1, 0.15) is 33.6 Å². The minimum atomic E-state index is -3.89. The molecule has 0 bridgehead atoms. The van der Waals surface area contributed by atoms with Crippen molar-refractivity contribution in [2.24, 2.45) is 0 Å². The summed E-state index contributed by atoms with van der Waals surface area (Å²) in [4.78, 5) is 10.9. The Balaban J connectivity index is 2.99. The Morgan fingerprint density at radius 3 is 2.40 bits per heavy atom. The highest BCUT2D eigenvalue weighted by atomic mass is 32.2. The van der Waals surface area contributed by atoms with Gasteiger partial charge in [0.25, 0.3) is 10.0 Å². The summed E-state index contributed by atoms with van der Waals surface area (Å²) in [5, 5.41) is 19.0. The van der Waals surface area contributed by atoms with Gasteiger partial charge >= 0.3 is 0 Å². The molecule has 1 rings (SSSR count). The molecule has 1 heterocycles. The third-order valence-electron chi connectivity index (χ3n) is 2.93. The number of hydrogen-bond donors (Lipinski definition) is 3. The fourth-order valence-electron chi connectivity index (χ4n) is 1.50. The fraction of sp³-hybridized carbons (Fsp3) is 0.700. The highest BCUT2D eigenvalue weighted by molar-refractivity contribution is 7.91. The summed E-state index contributed by atoms with van der Waals surface area (Å²) in [5.74, 6) is -0.357. The summed E-state index contributed by atoms with van der Waals surface area (Å²) in [6.07, 6.45) is 0.882. The Hall–Kier alpha value is -1.10. The van der Waals surface area contributed by atoms with E-state index >= 15 is 0 Å². The molecule has 0 radical (unpaired) electrons. The number of aliphatic hydroxyl groups excluding tert-OH is 1. The van der Waals surface area contributed by atoms with Crippen LogP contribution in [0, 0.1) is 0 Å². The van der Waals surface area contributed by atoms with Crippen LogP contribution in [0.2, 0.25) is 0 Å². The van der Waals surface area contributed by atoms with Gasteiger partial charge in [0.1, 0.15) is 0 Å². The first-order valence-electron chi connectivity index (χ1n) is 6.04. The Bertz CT molecular complexity index is 557. The third kappa shape index (κ3) is 3.95. The number of amides is 1. The zero-order chi connectivity index (χ0) is 15.4. The van der Waals surface area contributed by atoms with Crippen LogP contribution in [-0.4, -0.2) is 41.8 Å². The molecule has 0 spiro atoms. The molecule has 20 heavy (non-hydrogen) atoms. The number of hydrogen-bond acceptors (Lipinski definition) is 7. The lowest BCUT2D eigenvalue weighted by Crippen LogP contribution is -2.50. The highest BCUT2D eigenvalue weighted by Crippen LogP contribution is 2.23. The van der Waals surface area contributed by atoms with Crippen LogP contribution in [0.3, 0.4) is 0 Å². The number of aliphatic hydroxyl groups is 1. The van der Waals surface area contributed by atoms with Gasteiger partial charge in [-0.15, -0.1) is 10.2 Å². The molecule has 0 unspecified atom stereocenters. The van der Waals surface area contributed by atoms with E-state index in [4.69, 9.17) is 0 Å². The van der Waals surface area contributed by atoms with Crippen LogP contribution in [-0.2, 0) is 14.8 Å². The van der Waals surface area contributed by atoms with Crippen molar-refractivity contribution in [2.45, 2.75) is 43.5 Å². The Morgan fingerprint density at radius 2 is 1.95 bits per heavy atom. The molecule has 10 heteroatoms. The van der Waals surface area contributed by atoms with Gasteiger partial charge in [0.15, 0.2) is 0 Å². The predicted octanol–water partition coefficient (Wildman–Crippen LogP) is 0.326. The lowest BCUT2D eigenvalue weighted by atomic mass is 9.96. The van der Waals surface area contributed by atoms with Gasteiger partial charge in [0.2, 0.25) is 15.4 Å². The Kier molecular flexibility index (Phi) is 5.57. The molecule has 1 amide bonds. The van der Waals surface area contributed by atoms with E-state index in [9.17, 15) is 18.3 Å². The lowest BCUT2D eigenvalue weighted by molar-refractivity contribution is -0.114. The van der Waals surface area contributed by atoms with Crippen molar-refractivity contribution in [3.8, 4) is 0 Å². The average Bonchev–Trinajstić information content (AvgIpc) is 2.84. The standard InChI is InChI=1S/C10H18N4O4S2/c1-4-10(5-2,6-15)14-20(17,18)9-13-12-8(19-9)11-7(3)16/h14-15H,4-6H2,1-3H3,(H,11,12,16). The maximum Gasteiger partial charge on any atom is 0.270 e. The van der Waals surface area contributed by atoms with E-state index in [1.54, 1.807) is 13.8 Å². The van der Waals surface area contributed by atoms with Gasteiger partial charge in [0, 0.05) is 6.92 Å². The van der Waals surface area contributed by atoms with Crippen molar-refractivity contribution < 1.29 is 18.3 Å². The van der Waals surface area contributed by atoms with Crippen LogP contribution >= 0.6 is 11.3 Å².